The van der Waals surface area contributed by atoms with Gasteiger partial charge in [0.1, 0.15) is 16.8 Å². The molecule has 1 atom stereocenters. The Balaban J connectivity index is 1.71. The van der Waals surface area contributed by atoms with Crippen molar-refractivity contribution in [2.45, 2.75) is 32.2 Å². The molecule has 0 bridgehead atoms. The molecule has 1 aromatic heterocycles. The second-order valence-electron chi connectivity index (χ2n) is 6.58. The van der Waals surface area contributed by atoms with E-state index in [1.165, 1.54) is 9.58 Å². The normalized spacial score (nSPS) is 16.6. The van der Waals surface area contributed by atoms with Gasteiger partial charge in [0.25, 0.3) is 5.91 Å². The number of aromatic nitrogens is 2. The lowest BCUT2D eigenvalue weighted by molar-refractivity contribution is -0.143. The summed E-state index contributed by atoms with van der Waals surface area (Å²) >= 11 is 6.33. The summed E-state index contributed by atoms with van der Waals surface area (Å²) in [5.74, 6) is -1.76. The number of carbonyl (C=O) groups is 3. The Bertz CT molecular complexity index is 897. The van der Waals surface area contributed by atoms with Crippen LogP contribution in [0.25, 0.3) is 5.69 Å². The highest BCUT2D eigenvalue weighted by Crippen LogP contribution is 2.24. The molecular weight excluding hydrogens is 384 g/mol. The molecule has 0 unspecified atom stereocenters. The number of hydrogen-bond donors (Lipinski definition) is 1. The zero-order valence-corrected chi connectivity index (χ0v) is 16.2. The van der Waals surface area contributed by atoms with E-state index < -0.39 is 30.4 Å². The summed E-state index contributed by atoms with van der Waals surface area (Å²) < 4.78 is 6.60. The predicted octanol–water partition coefficient (Wildman–Crippen LogP) is 1.86. The minimum atomic E-state index is -0.745. The first-order chi connectivity index (χ1) is 13.4. The van der Waals surface area contributed by atoms with Crippen LogP contribution in [0.3, 0.4) is 0 Å². The Labute approximate surface area is 167 Å². The molecule has 2 amide bonds. The maximum atomic E-state index is 12.5. The highest BCUT2D eigenvalue weighted by molar-refractivity contribution is 6.33. The standard InChI is InChI=1S/C19H21ClN4O4/c1-12-16(17(20)24(22-12)13-7-3-2-4-8-13)19(27)28-11-15(25)23-10-6-5-9-14(23)18(21)26/h2-4,7-8,14H,5-6,9-11H2,1H3,(H2,21,26)/t14-/m0/s1. The van der Waals surface area contributed by atoms with E-state index in [2.05, 4.69) is 5.10 Å². The van der Waals surface area contributed by atoms with E-state index in [1.807, 2.05) is 18.2 Å². The number of para-hydroxylation sites is 1. The molecule has 0 spiro atoms. The van der Waals surface area contributed by atoms with E-state index in [0.717, 1.165) is 12.8 Å². The largest absolute Gasteiger partial charge is 0.452 e. The first-order valence-corrected chi connectivity index (χ1v) is 9.34. The molecular formula is C19H21ClN4O4. The van der Waals surface area contributed by atoms with E-state index in [4.69, 9.17) is 22.1 Å². The van der Waals surface area contributed by atoms with Crippen molar-refractivity contribution in [3.63, 3.8) is 0 Å². The van der Waals surface area contributed by atoms with Crippen molar-refractivity contribution in [3.8, 4) is 5.69 Å². The van der Waals surface area contributed by atoms with Gasteiger partial charge < -0.3 is 15.4 Å². The minimum Gasteiger partial charge on any atom is -0.452 e. The van der Waals surface area contributed by atoms with Crippen LogP contribution >= 0.6 is 11.6 Å². The summed E-state index contributed by atoms with van der Waals surface area (Å²) in [6.07, 6.45) is 2.12. The van der Waals surface area contributed by atoms with Crippen LogP contribution < -0.4 is 5.73 Å². The van der Waals surface area contributed by atoms with Gasteiger partial charge in [-0.25, -0.2) is 9.48 Å². The molecule has 3 rings (SSSR count). The molecule has 0 radical (unpaired) electrons. The van der Waals surface area contributed by atoms with Crippen LogP contribution in [0, 0.1) is 6.92 Å². The number of nitrogens with zero attached hydrogens (tertiary/aromatic N) is 3. The van der Waals surface area contributed by atoms with Gasteiger partial charge >= 0.3 is 5.97 Å². The average molecular weight is 405 g/mol. The SMILES string of the molecule is Cc1nn(-c2ccccc2)c(Cl)c1C(=O)OCC(=O)N1CCCC[C@H]1C(N)=O. The lowest BCUT2D eigenvalue weighted by Crippen LogP contribution is -2.51. The molecule has 1 aliphatic heterocycles. The van der Waals surface area contributed by atoms with E-state index in [-0.39, 0.29) is 10.7 Å². The number of ether oxygens (including phenoxy) is 1. The number of piperidine rings is 1. The van der Waals surface area contributed by atoms with Crippen LogP contribution in [0.4, 0.5) is 0 Å². The van der Waals surface area contributed by atoms with Gasteiger partial charge in [-0.15, -0.1) is 0 Å². The third-order valence-electron chi connectivity index (χ3n) is 4.69. The highest BCUT2D eigenvalue weighted by atomic mass is 35.5. The van der Waals surface area contributed by atoms with Gasteiger partial charge in [0, 0.05) is 6.54 Å². The van der Waals surface area contributed by atoms with E-state index >= 15 is 0 Å². The molecule has 8 nitrogen and oxygen atoms in total. The van der Waals surface area contributed by atoms with E-state index in [0.29, 0.717) is 24.3 Å². The second-order valence-corrected chi connectivity index (χ2v) is 6.93. The number of aryl methyl sites for hydroxylation is 1. The van der Waals surface area contributed by atoms with Crippen molar-refractivity contribution in [2.75, 3.05) is 13.2 Å². The van der Waals surface area contributed by atoms with E-state index in [1.54, 1.807) is 19.1 Å². The van der Waals surface area contributed by atoms with Crippen molar-refractivity contribution in [3.05, 3.63) is 46.7 Å². The number of benzene rings is 1. The Morgan fingerprint density at radius 2 is 1.96 bits per heavy atom. The molecule has 2 N–H and O–H groups in total. The van der Waals surface area contributed by atoms with Crippen molar-refractivity contribution < 1.29 is 19.1 Å². The van der Waals surface area contributed by atoms with Gasteiger partial charge in [0.15, 0.2) is 6.61 Å². The first kappa shape index (κ1) is 19.9. The smallest absolute Gasteiger partial charge is 0.343 e. The Morgan fingerprint density at radius 1 is 1.25 bits per heavy atom. The van der Waals surface area contributed by atoms with Crippen LogP contribution in [-0.2, 0) is 14.3 Å². The van der Waals surface area contributed by atoms with Crippen LogP contribution in [-0.4, -0.2) is 51.7 Å². The number of primary amides is 1. The topological polar surface area (TPSA) is 108 Å². The van der Waals surface area contributed by atoms with Gasteiger partial charge in [0.05, 0.1) is 11.4 Å². The zero-order valence-electron chi connectivity index (χ0n) is 15.4. The third kappa shape index (κ3) is 4.01. The maximum Gasteiger partial charge on any atom is 0.343 e. The number of rotatable bonds is 5. The lowest BCUT2D eigenvalue weighted by Gasteiger charge is -2.33. The van der Waals surface area contributed by atoms with Gasteiger partial charge in [-0.3, -0.25) is 9.59 Å². The number of likely N-dealkylation sites (tertiary alicyclic amines) is 1. The van der Waals surface area contributed by atoms with Crippen LogP contribution in [0.2, 0.25) is 5.15 Å². The van der Waals surface area contributed by atoms with Crippen molar-refractivity contribution in [1.29, 1.82) is 0 Å². The number of amides is 2. The third-order valence-corrected chi connectivity index (χ3v) is 5.04. The van der Waals surface area contributed by atoms with Crippen molar-refractivity contribution in [1.82, 2.24) is 14.7 Å². The van der Waals surface area contributed by atoms with Crippen molar-refractivity contribution in [2.24, 2.45) is 5.73 Å². The molecule has 1 aliphatic rings. The molecule has 1 aromatic carbocycles. The van der Waals surface area contributed by atoms with Crippen LogP contribution in [0.5, 0.6) is 0 Å². The molecule has 2 heterocycles. The molecule has 0 aliphatic carbocycles. The fourth-order valence-corrected chi connectivity index (χ4v) is 3.63. The van der Waals surface area contributed by atoms with Crippen LogP contribution in [0.1, 0.15) is 35.3 Å². The fourth-order valence-electron chi connectivity index (χ4n) is 3.28. The Hall–Kier alpha value is -2.87. The van der Waals surface area contributed by atoms with Crippen LogP contribution in [0.15, 0.2) is 30.3 Å². The highest BCUT2D eigenvalue weighted by Gasteiger charge is 2.31. The molecule has 1 saturated heterocycles. The minimum absolute atomic E-state index is 0.100. The number of esters is 1. The van der Waals surface area contributed by atoms with E-state index in [9.17, 15) is 14.4 Å². The quantitative estimate of drug-likeness (QED) is 0.765. The summed E-state index contributed by atoms with van der Waals surface area (Å²) in [6, 6.07) is 8.45. The van der Waals surface area contributed by atoms with Gasteiger partial charge in [0.2, 0.25) is 5.91 Å². The lowest BCUT2D eigenvalue weighted by atomic mass is 10.0. The number of hydrogen-bond acceptors (Lipinski definition) is 5. The molecule has 2 aromatic rings. The number of halogens is 1. The Morgan fingerprint density at radius 3 is 2.64 bits per heavy atom. The summed E-state index contributed by atoms with van der Waals surface area (Å²) in [5, 5.41) is 4.39. The number of nitrogens with two attached hydrogens (primary N) is 1. The average Bonchev–Trinajstić information content (AvgIpc) is 3.00. The second kappa shape index (κ2) is 8.43. The van der Waals surface area contributed by atoms with Crippen molar-refractivity contribution >= 4 is 29.4 Å². The molecule has 1 fully saturated rings. The summed E-state index contributed by atoms with van der Waals surface area (Å²) in [4.78, 5) is 37.9. The maximum absolute atomic E-state index is 12.5. The predicted molar refractivity (Wildman–Crippen MR) is 102 cm³/mol. The number of carbonyl (C=O) groups excluding carboxylic acids is 3. The fraction of sp³-hybridized carbons (Fsp3) is 0.368. The molecule has 148 valence electrons. The summed E-state index contributed by atoms with van der Waals surface area (Å²) in [5.41, 5.74) is 6.56. The van der Waals surface area contributed by atoms with Gasteiger partial charge in [-0.05, 0) is 38.3 Å². The monoisotopic (exact) mass is 404 g/mol. The summed E-state index contributed by atoms with van der Waals surface area (Å²) in [6.45, 7) is 1.56. The molecule has 9 heteroatoms. The van der Waals surface area contributed by atoms with Gasteiger partial charge in [-0.2, -0.15) is 5.10 Å². The van der Waals surface area contributed by atoms with Gasteiger partial charge in [-0.1, -0.05) is 29.8 Å². The molecule has 0 saturated carbocycles. The first-order valence-electron chi connectivity index (χ1n) is 8.96. The Kier molecular flexibility index (Phi) is 5.99. The zero-order chi connectivity index (χ0) is 20.3. The molecule has 28 heavy (non-hydrogen) atoms. The summed E-state index contributed by atoms with van der Waals surface area (Å²) in [7, 11) is 0.